The molecule has 1 aliphatic rings. The lowest BCUT2D eigenvalue weighted by Gasteiger charge is -2.40. The number of hydrogen-bond donors (Lipinski definition) is 0. The van der Waals surface area contributed by atoms with Crippen molar-refractivity contribution in [2.75, 3.05) is 39.3 Å². The Bertz CT molecular complexity index is 816. The fourth-order valence-electron chi connectivity index (χ4n) is 3.98. The Labute approximate surface area is 174 Å². The van der Waals surface area contributed by atoms with E-state index in [4.69, 9.17) is 5.26 Å². The van der Waals surface area contributed by atoms with E-state index in [2.05, 4.69) is 28.0 Å². The number of amides is 1. The van der Waals surface area contributed by atoms with E-state index in [0.717, 1.165) is 51.4 Å². The summed E-state index contributed by atoms with van der Waals surface area (Å²) in [6.07, 6.45) is 0. The summed E-state index contributed by atoms with van der Waals surface area (Å²) < 4.78 is 0. The molecular weight excluding hydrogens is 360 g/mol. The first kappa shape index (κ1) is 21.0. The molecule has 0 aromatic heterocycles. The van der Waals surface area contributed by atoms with Gasteiger partial charge in [0, 0.05) is 45.8 Å². The Balaban J connectivity index is 1.68. The van der Waals surface area contributed by atoms with Gasteiger partial charge in [-0.2, -0.15) is 5.26 Å². The zero-order valence-corrected chi connectivity index (χ0v) is 17.4. The van der Waals surface area contributed by atoms with E-state index in [1.165, 1.54) is 5.56 Å². The van der Waals surface area contributed by atoms with Gasteiger partial charge in [0.15, 0.2) is 0 Å². The first-order valence-corrected chi connectivity index (χ1v) is 10.5. The quantitative estimate of drug-likeness (QED) is 0.728. The van der Waals surface area contributed by atoms with Crippen LogP contribution in [0.4, 0.5) is 0 Å². The lowest BCUT2D eigenvalue weighted by Crippen LogP contribution is -2.51. The molecule has 0 aliphatic carbocycles. The molecule has 1 saturated heterocycles. The molecule has 1 fully saturated rings. The van der Waals surface area contributed by atoms with Crippen LogP contribution in [0.25, 0.3) is 0 Å². The van der Waals surface area contributed by atoms with Gasteiger partial charge in [0.25, 0.3) is 0 Å². The van der Waals surface area contributed by atoms with Crippen molar-refractivity contribution in [2.45, 2.75) is 26.4 Å². The molecule has 0 N–H and O–H groups in total. The summed E-state index contributed by atoms with van der Waals surface area (Å²) in [4.78, 5) is 20.0. The molecule has 0 spiro atoms. The molecule has 5 nitrogen and oxygen atoms in total. The number of piperazine rings is 1. The Morgan fingerprint density at radius 3 is 2.17 bits per heavy atom. The van der Waals surface area contributed by atoms with Gasteiger partial charge in [-0.1, -0.05) is 42.5 Å². The number of hydrogen-bond acceptors (Lipinski definition) is 4. The minimum atomic E-state index is -0.215. The van der Waals surface area contributed by atoms with Gasteiger partial charge in [-0.25, -0.2) is 0 Å². The predicted molar refractivity (Wildman–Crippen MR) is 115 cm³/mol. The van der Waals surface area contributed by atoms with Crippen molar-refractivity contribution in [2.24, 2.45) is 0 Å². The van der Waals surface area contributed by atoms with Crippen molar-refractivity contribution in [3.8, 4) is 6.07 Å². The molecule has 1 atom stereocenters. The van der Waals surface area contributed by atoms with Crippen LogP contribution < -0.4 is 0 Å². The van der Waals surface area contributed by atoms with Crippen LogP contribution in [0.1, 0.15) is 36.6 Å². The van der Waals surface area contributed by atoms with E-state index in [1.807, 2.05) is 61.2 Å². The van der Waals surface area contributed by atoms with Crippen LogP contribution in [0.3, 0.4) is 0 Å². The van der Waals surface area contributed by atoms with E-state index in [9.17, 15) is 4.79 Å². The maximum atomic E-state index is 13.3. The van der Waals surface area contributed by atoms with E-state index >= 15 is 0 Å². The Kier molecular flexibility index (Phi) is 7.40. The molecule has 3 rings (SSSR count). The molecule has 5 heteroatoms. The zero-order chi connectivity index (χ0) is 20.6. The van der Waals surface area contributed by atoms with Crippen LogP contribution in [-0.2, 0) is 11.3 Å². The predicted octanol–water partition coefficient (Wildman–Crippen LogP) is 3.29. The zero-order valence-electron chi connectivity index (χ0n) is 17.4. The smallest absolute Gasteiger partial charge is 0.244 e. The molecule has 1 aliphatic heterocycles. The largest absolute Gasteiger partial charge is 0.342 e. The molecule has 1 heterocycles. The first-order chi connectivity index (χ1) is 14.2. The number of rotatable bonds is 7. The van der Waals surface area contributed by atoms with E-state index in [-0.39, 0.29) is 11.9 Å². The molecule has 0 radical (unpaired) electrons. The number of nitriles is 1. The number of carbonyl (C=O) groups is 1. The average molecular weight is 391 g/mol. The van der Waals surface area contributed by atoms with Crippen LogP contribution in [0.5, 0.6) is 0 Å². The standard InChI is InChI=1S/C24H30N4O/c1-3-27(4-2)24(29)23(22-8-6-5-7-9-22)28-16-14-26(15-17-28)19-21-12-10-20(18-25)11-13-21/h5-13,23H,3-4,14-17,19H2,1-2H3/t23-/m1/s1. The Morgan fingerprint density at radius 2 is 1.62 bits per heavy atom. The first-order valence-electron chi connectivity index (χ1n) is 10.5. The summed E-state index contributed by atoms with van der Waals surface area (Å²) in [5, 5.41) is 8.95. The summed E-state index contributed by atoms with van der Waals surface area (Å²) in [6.45, 7) is 10.0. The minimum absolute atomic E-state index is 0.196. The molecule has 0 bridgehead atoms. The normalized spacial score (nSPS) is 16.2. The van der Waals surface area contributed by atoms with Crippen LogP contribution in [0.2, 0.25) is 0 Å². The second-order valence-corrected chi connectivity index (χ2v) is 7.44. The summed E-state index contributed by atoms with van der Waals surface area (Å²) >= 11 is 0. The van der Waals surface area contributed by atoms with Gasteiger partial charge in [-0.15, -0.1) is 0 Å². The molecule has 1 amide bonds. The lowest BCUT2D eigenvalue weighted by atomic mass is 10.0. The van der Waals surface area contributed by atoms with Gasteiger partial charge in [-0.3, -0.25) is 14.6 Å². The Morgan fingerprint density at radius 1 is 1.00 bits per heavy atom. The summed E-state index contributed by atoms with van der Waals surface area (Å²) in [7, 11) is 0. The third-order valence-corrected chi connectivity index (χ3v) is 5.69. The van der Waals surface area contributed by atoms with Crippen LogP contribution in [-0.4, -0.2) is 59.9 Å². The van der Waals surface area contributed by atoms with Gasteiger partial charge in [-0.05, 0) is 37.1 Å². The monoisotopic (exact) mass is 390 g/mol. The molecule has 152 valence electrons. The highest BCUT2D eigenvalue weighted by molar-refractivity contribution is 5.83. The van der Waals surface area contributed by atoms with Crippen molar-refractivity contribution in [1.82, 2.24) is 14.7 Å². The van der Waals surface area contributed by atoms with Crippen molar-refractivity contribution in [3.63, 3.8) is 0 Å². The molecule has 0 unspecified atom stereocenters. The second-order valence-electron chi connectivity index (χ2n) is 7.44. The van der Waals surface area contributed by atoms with E-state index in [1.54, 1.807) is 0 Å². The molecule has 29 heavy (non-hydrogen) atoms. The van der Waals surface area contributed by atoms with Gasteiger partial charge < -0.3 is 4.90 Å². The maximum absolute atomic E-state index is 13.3. The molecule has 2 aromatic carbocycles. The highest BCUT2D eigenvalue weighted by Gasteiger charge is 2.32. The highest BCUT2D eigenvalue weighted by Crippen LogP contribution is 2.25. The minimum Gasteiger partial charge on any atom is -0.342 e. The highest BCUT2D eigenvalue weighted by atomic mass is 16.2. The molecule has 2 aromatic rings. The lowest BCUT2D eigenvalue weighted by molar-refractivity contribution is -0.137. The maximum Gasteiger partial charge on any atom is 0.244 e. The summed E-state index contributed by atoms with van der Waals surface area (Å²) in [5.41, 5.74) is 2.99. The van der Waals surface area contributed by atoms with Gasteiger partial charge >= 0.3 is 0 Å². The third kappa shape index (κ3) is 5.23. The number of carbonyl (C=O) groups excluding carboxylic acids is 1. The SMILES string of the molecule is CCN(CC)C(=O)[C@@H](c1ccccc1)N1CCN(Cc2ccc(C#N)cc2)CC1. The van der Waals surface area contributed by atoms with E-state index in [0.29, 0.717) is 5.56 Å². The fourth-order valence-corrected chi connectivity index (χ4v) is 3.98. The van der Waals surface area contributed by atoms with Crippen molar-refractivity contribution >= 4 is 5.91 Å². The van der Waals surface area contributed by atoms with Gasteiger partial charge in [0.2, 0.25) is 5.91 Å². The molecular formula is C24H30N4O. The summed E-state index contributed by atoms with van der Waals surface area (Å²) in [6, 6.07) is 19.9. The Hall–Kier alpha value is -2.68. The number of nitrogens with zero attached hydrogens (tertiary/aromatic N) is 4. The number of benzene rings is 2. The second kappa shape index (κ2) is 10.2. The van der Waals surface area contributed by atoms with Crippen molar-refractivity contribution in [1.29, 1.82) is 5.26 Å². The average Bonchev–Trinajstić information content (AvgIpc) is 2.77. The van der Waals surface area contributed by atoms with Gasteiger partial charge in [0.1, 0.15) is 6.04 Å². The topological polar surface area (TPSA) is 50.6 Å². The van der Waals surface area contributed by atoms with Crippen LogP contribution in [0.15, 0.2) is 54.6 Å². The van der Waals surface area contributed by atoms with Crippen molar-refractivity contribution < 1.29 is 4.79 Å². The fraction of sp³-hybridized carbons (Fsp3) is 0.417. The van der Waals surface area contributed by atoms with Crippen LogP contribution in [0, 0.1) is 11.3 Å². The van der Waals surface area contributed by atoms with E-state index < -0.39 is 0 Å². The summed E-state index contributed by atoms with van der Waals surface area (Å²) in [5.74, 6) is 0.196. The van der Waals surface area contributed by atoms with Crippen LogP contribution >= 0.6 is 0 Å². The number of likely N-dealkylation sites (N-methyl/N-ethyl adjacent to an activating group) is 1. The molecule has 0 saturated carbocycles. The van der Waals surface area contributed by atoms with Gasteiger partial charge in [0.05, 0.1) is 11.6 Å². The van der Waals surface area contributed by atoms with Crippen molar-refractivity contribution in [3.05, 3.63) is 71.3 Å². The third-order valence-electron chi connectivity index (χ3n) is 5.69.